The Balaban J connectivity index is 0.000000135. The molecule has 0 unspecified atom stereocenters. The topological polar surface area (TPSA) is 33.5 Å². The van der Waals surface area contributed by atoms with Gasteiger partial charge in [-0.25, -0.2) is 4.98 Å². The van der Waals surface area contributed by atoms with Gasteiger partial charge in [0.05, 0.1) is 13.0 Å². The summed E-state index contributed by atoms with van der Waals surface area (Å²) in [5.74, 6) is 0. The van der Waals surface area contributed by atoms with Gasteiger partial charge in [-0.15, -0.1) is 0 Å². The molecule has 182 valence electrons. The van der Waals surface area contributed by atoms with E-state index in [2.05, 4.69) is 99.5 Å². The van der Waals surface area contributed by atoms with Crippen LogP contribution in [0.5, 0.6) is 0 Å². The second-order valence-electron chi connectivity index (χ2n) is 8.98. The van der Waals surface area contributed by atoms with E-state index in [9.17, 15) is 0 Å². The Morgan fingerprint density at radius 2 is 1.43 bits per heavy atom. The fourth-order valence-corrected chi connectivity index (χ4v) is 4.53. The first-order valence-electron chi connectivity index (χ1n) is 12.0. The Morgan fingerprint density at radius 1 is 0.800 bits per heavy atom. The standard InChI is InChI=1S/C13H14N2.C12H10N2.C4H8O.HI/c1-14-6-7-15(10-14)13-8-11-4-2-3-5-12(11)9-13;1-2-4-11-8-12(7-10(11)3-1)14-6-5-13-9-14;1-2-4-5-3-1;/h2-8H,9-10H2,1H3;1-7,9H,8H2;1-4H2;1H/p-1. The van der Waals surface area contributed by atoms with Gasteiger partial charge >= 0.3 is 0 Å². The van der Waals surface area contributed by atoms with Crippen LogP contribution in [0.2, 0.25) is 0 Å². The lowest BCUT2D eigenvalue weighted by Crippen LogP contribution is -3.00. The van der Waals surface area contributed by atoms with Crippen molar-refractivity contribution in [2.24, 2.45) is 0 Å². The third-order valence-electron chi connectivity index (χ3n) is 6.41. The van der Waals surface area contributed by atoms with Crippen molar-refractivity contribution in [1.82, 2.24) is 19.4 Å². The second kappa shape index (κ2) is 12.2. The van der Waals surface area contributed by atoms with E-state index in [1.807, 2.05) is 18.7 Å². The molecule has 0 radical (unpaired) electrons. The number of benzene rings is 2. The van der Waals surface area contributed by atoms with Gasteiger partial charge in [0.1, 0.15) is 0 Å². The van der Waals surface area contributed by atoms with Crippen molar-refractivity contribution in [2.45, 2.75) is 25.7 Å². The molecular weight excluding hydrogens is 547 g/mol. The van der Waals surface area contributed by atoms with Gasteiger partial charge in [-0.2, -0.15) is 0 Å². The molecule has 4 aliphatic rings. The van der Waals surface area contributed by atoms with Crippen molar-refractivity contribution in [3.8, 4) is 0 Å². The first kappa shape index (κ1) is 25.3. The molecule has 0 spiro atoms. The van der Waals surface area contributed by atoms with Crippen LogP contribution in [-0.2, 0) is 17.6 Å². The van der Waals surface area contributed by atoms with Crippen LogP contribution in [0.4, 0.5) is 0 Å². The third-order valence-corrected chi connectivity index (χ3v) is 6.41. The summed E-state index contributed by atoms with van der Waals surface area (Å²) in [6.45, 7) is 2.97. The zero-order valence-corrected chi connectivity index (χ0v) is 22.3. The Hall–Kier alpha value is -2.84. The molecule has 2 aliphatic heterocycles. The molecular formula is C29H32IN4O-. The largest absolute Gasteiger partial charge is 1.00 e. The molecule has 35 heavy (non-hydrogen) atoms. The van der Waals surface area contributed by atoms with E-state index in [0.29, 0.717) is 0 Å². The maximum absolute atomic E-state index is 4.94. The number of imidazole rings is 1. The Labute approximate surface area is 225 Å². The van der Waals surface area contributed by atoms with Crippen molar-refractivity contribution in [3.05, 3.63) is 108 Å². The highest BCUT2D eigenvalue weighted by Gasteiger charge is 2.19. The Kier molecular flexibility index (Phi) is 8.82. The molecule has 6 heteroatoms. The summed E-state index contributed by atoms with van der Waals surface area (Å²) in [6, 6.07) is 17.1. The maximum atomic E-state index is 4.94. The fourth-order valence-electron chi connectivity index (χ4n) is 4.53. The lowest BCUT2D eigenvalue weighted by atomic mass is 10.1. The van der Waals surface area contributed by atoms with Gasteiger partial charge in [-0.05, 0) is 47.2 Å². The average molecular weight is 580 g/mol. The monoisotopic (exact) mass is 579 g/mol. The Bertz CT molecular complexity index is 1190. The van der Waals surface area contributed by atoms with Gasteiger partial charge < -0.3 is 43.1 Å². The molecule has 0 amide bonds. The van der Waals surface area contributed by atoms with E-state index in [0.717, 1.165) is 32.7 Å². The second-order valence-corrected chi connectivity index (χ2v) is 8.98. The van der Waals surface area contributed by atoms with E-state index in [-0.39, 0.29) is 24.0 Å². The molecule has 0 atom stereocenters. The summed E-state index contributed by atoms with van der Waals surface area (Å²) in [5, 5.41) is 0. The SMILES string of the molecule is C1=C(n2ccnc2)Cc2ccccc21.C1CCOC1.CN1C=CN(C2=Cc3ccccc3C2)C1.[I-]. The summed E-state index contributed by atoms with van der Waals surface area (Å²) in [7, 11) is 2.10. The molecule has 1 aromatic heterocycles. The van der Waals surface area contributed by atoms with E-state index in [1.54, 1.807) is 0 Å². The van der Waals surface area contributed by atoms with E-state index in [4.69, 9.17) is 4.74 Å². The number of nitrogens with zero attached hydrogens (tertiary/aromatic N) is 4. The van der Waals surface area contributed by atoms with E-state index >= 15 is 0 Å². The van der Waals surface area contributed by atoms with Gasteiger partial charge in [0, 0.05) is 69.3 Å². The van der Waals surface area contributed by atoms with Gasteiger partial charge in [-0.1, -0.05) is 48.5 Å². The number of allylic oxidation sites excluding steroid dienone is 2. The highest BCUT2D eigenvalue weighted by atomic mass is 127. The number of aromatic nitrogens is 2. The van der Waals surface area contributed by atoms with Crippen LogP contribution in [0.25, 0.3) is 17.8 Å². The number of hydrogen-bond donors (Lipinski definition) is 0. The molecule has 1 fully saturated rings. The Morgan fingerprint density at radius 3 is 1.94 bits per heavy atom. The van der Waals surface area contributed by atoms with Crippen LogP contribution in [0.15, 0.2) is 85.3 Å². The number of hydrogen-bond acceptors (Lipinski definition) is 4. The highest BCUT2D eigenvalue weighted by Crippen LogP contribution is 2.28. The molecule has 1 saturated heterocycles. The summed E-state index contributed by atoms with van der Waals surface area (Å²) in [4.78, 5) is 8.54. The molecule has 3 aromatic rings. The van der Waals surface area contributed by atoms with Gasteiger partial charge in [0.25, 0.3) is 0 Å². The lowest BCUT2D eigenvalue weighted by Gasteiger charge is -2.19. The molecule has 0 saturated carbocycles. The fraction of sp³-hybridized carbons (Fsp3) is 0.276. The smallest absolute Gasteiger partial charge is 0.0989 e. The molecule has 0 N–H and O–H groups in total. The molecule has 3 heterocycles. The molecule has 5 nitrogen and oxygen atoms in total. The van der Waals surface area contributed by atoms with Crippen LogP contribution in [-0.4, -0.2) is 46.3 Å². The van der Waals surface area contributed by atoms with Crippen LogP contribution < -0.4 is 24.0 Å². The number of fused-ring (bicyclic) bond motifs is 2. The zero-order chi connectivity index (χ0) is 23.2. The summed E-state index contributed by atoms with van der Waals surface area (Å²) >= 11 is 0. The van der Waals surface area contributed by atoms with Crippen molar-refractivity contribution in [1.29, 1.82) is 0 Å². The maximum Gasteiger partial charge on any atom is 0.0989 e. The lowest BCUT2D eigenvalue weighted by molar-refractivity contribution is -0.00000740. The third kappa shape index (κ3) is 6.44. The van der Waals surface area contributed by atoms with Crippen LogP contribution >= 0.6 is 0 Å². The predicted octanol–water partition coefficient (Wildman–Crippen LogP) is 2.50. The van der Waals surface area contributed by atoms with Gasteiger partial charge in [0.2, 0.25) is 0 Å². The van der Waals surface area contributed by atoms with Crippen molar-refractivity contribution >= 4 is 17.8 Å². The van der Waals surface area contributed by atoms with Crippen molar-refractivity contribution < 1.29 is 28.7 Å². The normalized spacial score (nSPS) is 16.8. The molecule has 7 rings (SSSR count). The van der Waals surface area contributed by atoms with Crippen LogP contribution in [0.3, 0.4) is 0 Å². The molecule has 2 aromatic carbocycles. The first-order chi connectivity index (χ1) is 16.8. The summed E-state index contributed by atoms with van der Waals surface area (Å²) < 4.78 is 7.01. The zero-order valence-electron chi connectivity index (χ0n) is 20.2. The average Bonchev–Trinajstić information content (AvgIpc) is 3.69. The van der Waals surface area contributed by atoms with E-state index < -0.39 is 0 Å². The van der Waals surface area contributed by atoms with Gasteiger partial charge in [0.15, 0.2) is 0 Å². The first-order valence-corrected chi connectivity index (χ1v) is 12.0. The minimum atomic E-state index is 0. The van der Waals surface area contributed by atoms with Crippen LogP contribution in [0.1, 0.15) is 35.1 Å². The highest BCUT2D eigenvalue weighted by molar-refractivity contribution is 5.79. The van der Waals surface area contributed by atoms with Crippen molar-refractivity contribution in [3.63, 3.8) is 0 Å². The summed E-state index contributed by atoms with van der Waals surface area (Å²) in [5.41, 5.74) is 8.24. The quantitative estimate of drug-likeness (QED) is 0.438. The number of rotatable bonds is 2. The van der Waals surface area contributed by atoms with Crippen molar-refractivity contribution in [2.75, 3.05) is 26.9 Å². The van der Waals surface area contributed by atoms with Gasteiger partial charge in [-0.3, -0.25) is 0 Å². The van der Waals surface area contributed by atoms with Crippen LogP contribution in [0, 0.1) is 0 Å². The molecule has 2 aliphatic carbocycles. The minimum Gasteiger partial charge on any atom is -1.00 e. The summed E-state index contributed by atoms with van der Waals surface area (Å²) in [6.07, 6.45) is 19.0. The molecule has 0 bridgehead atoms. The minimum absolute atomic E-state index is 0. The predicted molar refractivity (Wildman–Crippen MR) is 138 cm³/mol. The number of ether oxygens (including phenoxy) is 1. The van der Waals surface area contributed by atoms with E-state index in [1.165, 1.54) is 46.5 Å². The number of halogens is 1.